The summed E-state index contributed by atoms with van der Waals surface area (Å²) in [4.78, 5) is 0. The molecule has 0 amide bonds. The number of hydrogen-bond donors (Lipinski definition) is 0. The third-order valence-corrected chi connectivity index (χ3v) is 10.0. The van der Waals surface area contributed by atoms with Gasteiger partial charge in [0.15, 0.2) is 11.6 Å². The lowest BCUT2D eigenvalue weighted by molar-refractivity contribution is 0.217. The van der Waals surface area contributed by atoms with E-state index in [0.29, 0.717) is 5.92 Å². The Kier molecular flexibility index (Phi) is 5.98. The van der Waals surface area contributed by atoms with Gasteiger partial charge in [-0.15, -0.1) is 0 Å². The van der Waals surface area contributed by atoms with Crippen LogP contribution in [0.2, 0.25) is 12.1 Å². The van der Waals surface area contributed by atoms with Crippen molar-refractivity contribution >= 4 is 19.2 Å². The molecule has 27 heavy (non-hydrogen) atoms. The van der Waals surface area contributed by atoms with E-state index in [4.69, 9.17) is 11.1 Å². The highest BCUT2D eigenvalue weighted by Crippen LogP contribution is 2.43. The van der Waals surface area contributed by atoms with Crippen molar-refractivity contribution < 1.29 is 8.78 Å². The predicted octanol–water partition coefficient (Wildman–Crippen LogP) is 7.28. The molecule has 0 radical (unpaired) electrons. The quantitative estimate of drug-likeness (QED) is 0.372. The zero-order valence-corrected chi connectivity index (χ0v) is 17.6. The Morgan fingerprint density at radius 1 is 0.704 bits per heavy atom. The highest BCUT2D eigenvalue weighted by molar-refractivity contribution is 7.07. The zero-order valence-electron chi connectivity index (χ0n) is 15.6. The number of rotatable bonds is 3. The lowest BCUT2D eigenvalue weighted by Gasteiger charge is -2.36. The first kappa shape index (κ1) is 19.1. The summed E-state index contributed by atoms with van der Waals surface area (Å²) in [5, 5.41) is 0. The third kappa shape index (κ3) is 4.46. The van der Waals surface area contributed by atoms with Gasteiger partial charge in [0, 0.05) is 0 Å². The van der Waals surface area contributed by atoms with Crippen LogP contribution in [0, 0.1) is 23.5 Å². The van der Waals surface area contributed by atoms with E-state index < -0.39 is 19.7 Å². The molecule has 2 fully saturated rings. The first-order chi connectivity index (χ1) is 13.1. The molecule has 2 aromatic carbocycles. The summed E-state index contributed by atoms with van der Waals surface area (Å²) in [5.41, 5.74) is 3.05. The topological polar surface area (TPSA) is 0 Å². The molecule has 1 aliphatic carbocycles. The minimum absolute atomic E-state index is 0.638. The van der Waals surface area contributed by atoms with Crippen LogP contribution in [-0.2, 0) is 0 Å². The molecule has 2 aliphatic rings. The second-order valence-electron chi connectivity index (χ2n) is 8.37. The van der Waals surface area contributed by atoms with Gasteiger partial charge in [0.25, 0.3) is 0 Å². The zero-order chi connectivity index (χ0) is 18.8. The predicted molar refractivity (Wildman–Crippen MR) is 112 cm³/mol. The van der Waals surface area contributed by atoms with Gasteiger partial charge in [0.1, 0.15) is 8.11 Å². The first-order valence-electron chi connectivity index (χ1n) is 10.3. The standard InChI is InChI=1S/C23H27ClF2Si/c24-27-13-11-20(12-14-27)18-3-1-16(2-4-18)17-5-7-19(8-6-17)21-9-10-22(25)23(26)15-21/h5-10,15-16,18,20,27H,1-4,11-14H2/t16-,18-,20?,27?. The number of halogens is 3. The monoisotopic (exact) mass is 404 g/mol. The van der Waals surface area contributed by atoms with Gasteiger partial charge in [-0.2, -0.15) is 11.1 Å². The molecular weight excluding hydrogens is 378 g/mol. The van der Waals surface area contributed by atoms with E-state index in [1.165, 1.54) is 68.3 Å². The summed E-state index contributed by atoms with van der Waals surface area (Å²) in [6.07, 6.45) is 7.97. The molecule has 144 valence electrons. The SMILES string of the molecule is Fc1ccc(-c2ccc([C@H]3CC[C@H](C4CC[SiH](Cl)CC4)CC3)cc2)cc1F. The molecule has 0 aromatic heterocycles. The van der Waals surface area contributed by atoms with Crippen LogP contribution in [0.5, 0.6) is 0 Å². The minimum Gasteiger partial charge on any atom is -0.204 e. The van der Waals surface area contributed by atoms with Gasteiger partial charge in [0.2, 0.25) is 0 Å². The normalized spacial score (nSPS) is 28.9. The average Bonchev–Trinajstić information content (AvgIpc) is 2.71. The summed E-state index contributed by atoms with van der Waals surface area (Å²) in [5.74, 6) is 0.874. The van der Waals surface area contributed by atoms with E-state index >= 15 is 0 Å². The molecule has 1 saturated heterocycles. The molecule has 0 bridgehead atoms. The highest BCUT2D eigenvalue weighted by atomic mass is 35.6. The van der Waals surface area contributed by atoms with Gasteiger partial charge >= 0.3 is 0 Å². The van der Waals surface area contributed by atoms with Crippen LogP contribution in [0.25, 0.3) is 11.1 Å². The van der Waals surface area contributed by atoms with E-state index in [-0.39, 0.29) is 0 Å². The molecule has 0 unspecified atom stereocenters. The largest absolute Gasteiger partial charge is 0.204 e. The van der Waals surface area contributed by atoms with Gasteiger partial charge in [0.05, 0.1) is 0 Å². The van der Waals surface area contributed by atoms with E-state index in [1.54, 1.807) is 6.07 Å². The Labute approximate surface area is 167 Å². The van der Waals surface area contributed by atoms with Gasteiger partial charge < -0.3 is 0 Å². The fourth-order valence-electron chi connectivity index (χ4n) is 5.10. The fraction of sp³-hybridized carbons (Fsp3) is 0.478. The van der Waals surface area contributed by atoms with Crippen molar-refractivity contribution in [3.63, 3.8) is 0 Å². The van der Waals surface area contributed by atoms with Crippen LogP contribution < -0.4 is 0 Å². The molecular formula is C23H27ClF2Si. The van der Waals surface area contributed by atoms with Crippen LogP contribution >= 0.6 is 11.1 Å². The van der Waals surface area contributed by atoms with Crippen molar-refractivity contribution in [3.05, 3.63) is 59.7 Å². The summed E-state index contributed by atoms with van der Waals surface area (Å²) in [6, 6.07) is 15.2. The highest BCUT2D eigenvalue weighted by Gasteiger charge is 2.31. The van der Waals surface area contributed by atoms with Crippen molar-refractivity contribution in [1.29, 1.82) is 0 Å². The number of hydrogen-bond acceptors (Lipinski definition) is 0. The maximum Gasteiger partial charge on any atom is 0.159 e. The van der Waals surface area contributed by atoms with Gasteiger partial charge in [-0.3, -0.25) is 0 Å². The Hall–Kier alpha value is -1.19. The van der Waals surface area contributed by atoms with E-state index in [2.05, 4.69) is 12.1 Å². The Morgan fingerprint density at radius 3 is 1.93 bits per heavy atom. The van der Waals surface area contributed by atoms with Crippen LogP contribution in [0.3, 0.4) is 0 Å². The molecule has 1 aliphatic heterocycles. The van der Waals surface area contributed by atoms with Gasteiger partial charge in [-0.05, 0) is 84.3 Å². The average molecular weight is 405 g/mol. The summed E-state index contributed by atoms with van der Waals surface area (Å²) in [6.45, 7) is 0. The van der Waals surface area contributed by atoms with Crippen molar-refractivity contribution in [2.24, 2.45) is 11.8 Å². The van der Waals surface area contributed by atoms with Crippen molar-refractivity contribution in [2.45, 2.75) is 56.5 Å². The van der Waals surface area contributed by atoms with Crippen molar-refractivity contribution in [1.82, 2.24) is 0 Å². The van der Waals surface area contributed by atoms with Crippen LogP contribution in [0.4, 0.5) is 8.78 Å². The maximum atomic E-state index is 13.5. The van der Waals surface area contributed by atoms with Crippen molar-refractivity contribution in [2.75, 3.05) is 0 Å². The van der Waals surface area contributed by atoms with Crippen LogP contribution in [0.15, 0.2) is 42.5 Å². The van der Waals surface area contributed by atoms with E-state index in [9.17, 15) is 8.78 Å². The number of benzene rings is 2. The van der Waals surface area contributed by atoms with Crippen LogP contribution in [-0.4, -0.2) is 8.11 Å². The first-order valence-corrected chi connectivity index (χ1v) is 13.7. The lowest BCUT2D eigenvalue weighted by atomic mass is 9.72. The van der Waals surface area contributed by atoms with Gasteiger partial charge in [-0.1, -0.05) is 43.2 Å². The molecule has 1 saturated carbocycles. The fourth-order valence-corrected chi connectivity index (χ4v) is 7.72. The van der Waals surface area contributed by atoms with E-state index in [0.717, 1.165) is 23.0 Å². The van der Waals surface area contributed by atoms with Gasteiger partial charge in [-0.25, -0.2) is 8.78 Å². The lowest BCUT2D eigenvalue weighted by Crippen LogP contribution is -2.26. The molecule has 1 heterocycles. The summed E-state index contributed by atoms with van der Waals surface area (Å²) < 4.78 is 26.6. The molecule has 0 spiro atoms. The second kappa shape index (κ2) is 8.44. The maximum absolute atomic E-state index is 13.5. The summed E-state index contributed by atoms with van der Waals surface area (Å²) >= 11 is 6.40. The third-order valence-electron chi connectivity index (χ3n) is 6.77. The Morgan fingerprint density at radius 2 is 1.30 bits per heavy atom. The van der Waals surface area contributed by atoms with E-state index in [1.807, 2.05) is 12.1 Å². The summed E-state index contributed by atoms with van der Waals surface area (Å²) in [7, 11) is -0.858. The van der Waals surface area contributed by atoms with Crippen LogP contribution in [0.1, 0.15) is 50.0 Å². The second-order valence-corrected chi connectivity index (χ2v) is 12.6. The molecule has 0 atom stereocenters. The Balaban J connectivity index is 1.36. The molecule has 4 heteroatoms. The Bertz CT molecular complexity index is 760. The minimum atomic E-state index is -0.858. The molecule has 4 rings (SSSR count). The van der Waals surface area contributed by atoms with Crippen molar-refractivity contribution in [3.8, 4) is 11.1 Å². The molecule has 0 nitrogen and oxygen atoms in total. The molecule has 0 N–H and O–H groups in total. The molecule has 2 aromatic rings. The smallest absolute Gasteiger partial charge is 0.159 e.